The molecule has 0 radical (unpaired) electrons. The van der Waals surface area contributed by atoms with Crippen molar-refractivity contribution in [3.05, 3.63) is 54.4 Å². The summed E-state index contributed by atoms with van der Waals surface area (Å²) in [4.78, 5) is 16.5. The van der Waals surface area contributed by atoms with E-state index in [0.717, 1.165) is 46.5 Å². The van der Waals surface area contributed by atoms with E-state index in [1.54, 1.807) is 7.11 Å². The molecule has 0 fully saturated rings. The summed E-state index contributed by atoms with van der Waals surface area (Å²) in [6.07, 6.45) is 5.06. The molecule has 0 saturated carbocycles. The number of ether oxygens (including phenoxy) is 2. The Morgan fingerprint density at radius 2 is 2.21 bits per heavy atom. The number of fused-ring (bicyclic) bond motifs is 1. The molecule has 0 saturated heterocycles. The first-order valence-corrected chi connectivity index (χ1v) is 9.79. The number of anilines is 1. The third-order valence-electron chi connectivity index (χ3n) is 5.05. The first-order valence-electron chi connectivity index (χ1n) is 9.79. The second-order valence-electron chi connectivity index (χ2n) is 7.11. The third kappa shape index (κ3) is 4.23. The number of benzene rings is 1. The van der Waals surface area contributed by atoms with Crippen molar-refractivity contribution < 1.29 is 14.3 Å². The number of pyridine rings is 1. The summed E-state index contributed by atoms with van der Waals surface area (Å²) < 4.78 is 13.0. The molecule has 4 rings (SSSR count). The zero-order valence-corrected chi connectivity index (χ0v) is 16.8. The maximum atomic E-state index is 11.4. The molecule has 2 aromatic heterocycles. The molecule has 3 heterocycles. The minimum atomic E-state index is -0.0907. The molecule has 0 unspecified atom stereocenters. The summed E-state index contributed by atoms with van der Waals surface area (Å²) in [5.41, 5.74) is 5.95. The first-order chi connectivity index (χ1) is 14.2. The summed E-state index contributed by atoms with van der Waals surface area (Å²) >= 11 is 0. The van der Waals surface area contributed by atoms with Crippen molar-refractivity contribution in [2.75, 3.05) is 32.2 Å². The van der Waals surface area contributed by atoms with Crippen LogP contribution in [0.1, 0.15) is 19.0 Å². The molecule has 6 heteroatoms. The number of hydrogen-bond donors (Lipinski definition) is 1. The average Bonchev–Trinajstić information content (AvgIpc) is 3.15. The Morgan fingerprint density at radius 3 is 2.97 bits per heavy atom. The fourth-order valence-corrected chi connectivity index (χ4v) is 3.67. The van der Waals surface area contributed by atoms with Gasteiger partial charge >= 0.3 is 0 Å². The van der Waals surface area contributed by atoms with Crippen molar-refractivity contribution in [2.24, 2.45) is 0 Å². The monoisotopic (exact) mass is 391 g/mol. The van der Waals surface area contributed by atoms with Crippen molar-refractivity contribution in [3.8, 4) is 11.3 Å². The molecular weight excluding hydrogens is 366 g/mol. The highest BCUT2D eigenvalue weighted by molar-refractivity contribution is 5.94. The van der Waals surface area contributed by atoms with Gasteiger partial charge in [-0.3, -0.25) is 4.79 Å². The van der Waals surface area contributed by atoms with Crippen LogP contribution in [0.4, 0.5) is 5.69 Å². The summed E-state index contributed by atoms with van der Waals surface area (Å²) in [5, 5.41) is 3.98. The summed E-state index contributed by atoms with van der Waals surface area (Å²) in [5.74, 6) is -0.0907. The normalized spacial score (nSPS) is 14.1. The molecule has 1 amide bonds. The smallest absolute Gasteiger partial charge is 0.221 e. The number of rotatable bonds is 6. The topological polar surface area (TPSA) is 65.4 Å². The highest BCUT2D eigenvalue weighted by Crippen LogP contribution is 2.32. The molecule has 1 aromatic carbocycles. The second kappa shape index (κ2) is 8.59. The maximum Gasteiger partial charge on any atom is 0.221 e. The Morgan fingerprint density at radius 1 is 1.31 bits per heavy atom. The van der Waals surface area contributed by atoms with E-state index in [9.17, 15) is 4.79 Å². The van der Waals surface area contributed by atoms with Crippen molar-refractivity contribution >= 4 is 28.1 Å². The van der Waals surface area contributed by atoms with Crippen molar-refractivity contribution in [1.82, 2.24) is 9.55 Å². The Bertz CT molecular complexity index is 1070. The van der Waals surface area contributed by atoms with Crippen LogP contribution < -0.4 is 5.32 Å². The van der Waals surface area contributed by atoms with E-state index < -0.39 is 0 Å². The number of aromatic nitrogens is 2. The summed E-state index contributed by atoms with van der Waals surface area (Å²) in [6.45, 7) is 4.25. The van der Waals surface area contributed by atoms with Gasteiger partial charge < -0.3 is 19.4 Å². The van der Waals surface area contributed by atoms with Crippen LogP contribution >= 0.6 is 0 Å². The lowest BCUT2D eigenvalue weighted by Gasteiger charge is -2.16. The van der Waals surface area contributed by atoms with Crippen LogP contribution in [0, 0.1) is 0 Å². The molecule has 29 heavy (non-hydrogen) atoms. The van der Waals surface area contributed by atoms with E-state index in [2.05, 4.69) is 34.3 Å². The highest BCUT2D eigenvalue weighted by atomic mass is 16.5. The number of nitrogens with zero attached hydrogens (tertiary/aromatic N) is 2. The molecule has 6 nitrogen and oxygen atoms in total. The van der Waals surface area contributed by atoms with Gasteiger partial charge in [0, 0.05) is 43.4 Å². The van der Waals surface area contributed by atoms with Crippen LogP contribution in [-0.4, -0.2) is 42.4 Å². The van der Waals surface area contributed by atoms with E-state index in [1.807, 2.05) is 24.3 Å². The number of carbonyl (C=O) groups is 1. The highest BCUT2D eigenvalue weighted by Gasteiger charge is 2.16. The Labute approximate surface area is 170 Å². The Hall–Kier alpha value is -2.96. The Balaban J connectivity index is 1.85. The standard InChI is InChI=1S/C23H25N3O3/c1-16(27)24-19-5-3-4-18(14-19)21-15-22-20(6-9-26(22)10-13-28-2)23(25-21)17-7-11-29-12-8-17/h3-7,9,14-15H,8,10-13H2,1-2H3,(H,24,27). The molecule has 1 aliphatic rings. The fraction of sp³-hybridized carbons (Fsp3) is 0.304. The van der Waals surface area contributed by atoms with Gasteiger partial charge in [0.25, 0.3) is 0 Å². The zero-order valence-electron chi connectivity index (χ0n) is 16.8. The van der Waals surface area contributed by atoms with Crippen LogP contribution in [0.2, 0.25) is 0 Å². The van der Waals surface area contributed by atoms with Crippen LogP contribution in [0.15, 0.2) is 48.7 Å². The number of methoxy groups -OCH3 is 1. The molecule has 150 valence electrons. The van der Waals surface area contributed by atoms with Gasteiger partial charge in [-0.2, -0.15) is 0 Å². The molecule has 0 bridgehead atoms. The van der Waals surface area contributed by atoms with E-state index in [4.69, 9.17) is 14.5 Å². The van der Waals surface area contributed by atoms with Gasteiger partial charge in [0.15, 0.2) is 0 Å². The lowest BCUT2D eigenvalue weighted by atomic mass is 10.0. The quantitative estimate of drug-likeness (QED) is 0.687. The molecule has 0 aliphatic carbocycles. The van der Waals surface area contributed by atoms with Gasteiger partial charge in [0.2, 0.25) is 5.91 Å². The number of amides is 1. The van der Waals surface area contributed by atoms with E-state index >= 15 is 0 Å². The predicted octanol–water partition coefficient (Wildman–Crippen LogP) is 4.11. The SMILES string of the molecule is COCCn1ccc2c(C3=CCOCC3)nc(-c3cccc(NC(C)=O)c3)cc21. The molecule has 1 aliphatic heterocycles. The van der Waals surface area contributed by atoms with Crippen LogP contribution in [-0.2, 0) is 20.8 Å². The summed E-state index contributed by atoms with van der Waals surface area (Å²) in [7, 11) is 1.71. The summed E-state index contributed by atoms with van der Waals surface area (Å²) in [6, 6.07) is 12.0. The van der Waals surface area contributed by atoms with Gasteiger partial charge in [0.1, 0.15) is 0 Å². The van der Waals surface area contributed by atoms with E-state index in [1.165, 1.54) is 12.5 Å². The minimum absolute atomic E-state index is 0.0907. The molecule has 0 spiro atoms. The molecular formula is C23H25N3O3. The van der Waals surface area contributed by atoms with Crippen molar-refractivity contribution in [3.63, 3.8) is 0 Å². The maximum absolute atomic E-state index is 11.4. The van der Waals surface area contributed by atoms with E-state index in [-0.39, 0.29) is 5.91 Å². The van der Waals surface area contributed by atoms with Crippen LogP contribution in [0.5, 0.6) is 0 Å². The molecule has 1 N–H and O–H groups in total. The second-order valence-corrected chi connectivity index (χ2v) is 7.11. The lowest BCUT2D eigenvalue weighted by molar-refractivity contribution is -0.114. The minimum Gasteiger partial charge on any atom is -0.383 e. The first kappa shape index (κ1) is 19.4. The van der Waals surface area contributed by atoms with Crippen molar-refractivity contribution in [2.45, 2.75) is 19.9 Å². The largest absolute Gasteiger partial charge is 0.383 e. The molecule has 3 aromatic rings. The lowest BCUT2D eigenvalue weighted by Crippen LogP contribution is -2.07. The van der Waals surface area contributed by atoms with Gasteiger partial charge in [-0.15, -0.1) is 0 Å². The molecule has 0 atom stereocenters. The average molecular weight is 391 g/mol. The number of nitrogens with one attached hydrogen (secondary N) is 1. The van der Waals surface area contributed by atoms with Crippen LogP contribution in [0.3, 0.4) is 0 Å². The van der Waals surface area contributed by atoms with Gasteiger partial charge in [-0.25, -0.2) is 4.98 Å². The van der Waals surface area contributed by atoms with Gasteiger partial charge in [0.05, 0.1) is 36.7 Å². The Kier molecular flexibility index (Phi) is 5.74. The fourth-order valence-electron chi connectivity index (χ4n) is 3.67. The van der Waals surface area contributed by atoms with E-state index in [0.29, 0.717) is 19.8 Å². The van der Waals surface area contributed by atoms with Crippen LogP contribution in [0.25, 0.3) is 27.7 Å². The van der Waals surface area contributed by atoms with Gasteiger partial charge in [-0.1, -0.05) is 18.2 Å². The number of carbonyl (C=O) groups excluding carboxylic acids is 1. The predicted molar refractivity (Wildman–Crippen MR) is 115 cm³/mol. The van der Waals surface area contributed by atoms with Crippen molar-refractivity contribution in [1.29, 1.82) is 0 Å². The number of hydrogen-bond acceptors (Lipinski definition) is 4. The third-order valence-corrected chi connectivity index (χ3v) is 5.05. The van der Waals surface area contributed by atoms with Gasteiger partial charge in [-0.05, 0) is 36.3 Å². The zero-order chi connectivity index (χ0) is 20.2.